The summed E-state index contributed by atoms with van der Waals surface area (Å²) >= 11 is 0. The number of unbranched alkanes of at least 4 members (excludes halogenated alkanes) is 6. The highest BCUT2D eigenvalue weighted by molar-refractivity contribution is 6.41. The van der Waals surface area contributed by atoms with Gasteiger partial charge in [-0.1, -0.05) is 119 Å². The molecular formula is C49H49N5O5. The van der Waals surface area contributed by atoms with Gasteiger partial charge >= 0.3 is 0 Å². The fourth-order valence-corrected chi connectivity index (χ4v) is 9.58. The minimum Gasteiger partial charge on any atom is -0.378 e. The van der Waals surface area contributed by atoms with Crippen LogP contribution >= 0.6 is 0 Å². The monoisotopic (exact) mass is 787 g/mol. The summed E-state index contributed by atoms with van der Waals surface area (Å²) in [6.07, 6.45) is 12.2. The number of hydrogen-bond acceptors (Lipinski definition) is 7. The van der Waals surface area contributed by atoms with E-state index in [9.17, 15) is 19.2 Å². The number of benzene rings is 6. The van der Waals surface area contributed by atoms with Gasteiger partial charge in [-0.05, 0) is 80.6 Å². The van der Waals surface area contributed by atoms with E-state index >= 15 is 0 Å². The average Bonchev–Trinajstić information content (AvgIpc) is 3.69. The molecule has 0 saturated heterocycles. The van der Waals surface area contributed by atoms with Crippen molar-refractivity contribution in [3.63, 3.8) is 0 Å². The second kappa shape index (κ2) is 16.0. The number of carbonyl (C=O) groups excluding carboxylic acids is 4. The Labute approximate surface area is 343 Å². The summed E-state index contributed by atoms with van der Waals surface area (Å²) in [4.78, 5) is 60.4. The molecule has 10 nitrogen and oxygen atoms in total. The molecule has 59 heavy (non-hydrogen) atoms. The Morgan fingerprint density at radius 1 is 0.542 bits per heavy atom. The highest BCUT2D eigenvalue weighted by atomic mass is 16.5. The number of rotatable bonds is 17. The predicted octanol–water partition coefficient (Wildman–Crippen LogP) is 10.2. The third-order valence-electron chi connectivity index (χ3n) is 12.5. The first-order valence-electron chi connectivity index (χ1n) is 21.2. The van der Waals surface area contributed by atoms with Gasteiger partial charge in [0, 0.05) is 46.2 Å². The average molecular weight is 788 g/mol. The largest absolute Gasteiger partial charge is 0.378 e. The molecule has 0 unspecified atom stereocenters. The van der Waals surface area contributed by atoms with Crippen LogP contribution in [0.4, 0.5) is 0 Å². The molecule has 0 aliphatic carbocycles. The number of ether oxygens (including phenoxy) is 1. The molecule has 0 fully saturated rings. The number of fused-ring (bicyclic) bond motifs is 2. The van der Waals surface area contributed by atoms with Crippen LogP contribution in [0.3, 0.4) is 0 Å². The van der Waals surface area contributed by atoms with Crippen LogP contribution in [-0.2, 0) is 24.4 Å². The lowest BCUT2D eigenvalue weighted by Gasteiger charge is -2.35. The molecule has 0 spiro atoms. The van der Waals surface area contributed by atoms with Gasteiger partial charge in [0.05, 0.1) is 25.9 Å². The van der Waals surface area contributed by atoms with Gasteiger partial charge < -0.3 is 4.74 Å². The van der Waals surface area contributed by atoms with E-state index < -0.39 is 0 Å². The zero-order valence-electron chi connectivity index (χ0n) is 34.1. The molecule has 4 amide bonds. The van der Waals surface area contributed by atoms with E-state index in [2.05, 4.69) is 24.2 Å². The second-order valence-corrected chi connectivity index (χ2v) is 16.3. The number of methoxy groups -OCH3 is 1. The minimum atomic E-state index is -0.338. The number of carbonyl (C=O) groups is 4. The standard InChI is InChI=1S/C49H49N5O5/c1-4-6-8-10-12-33(13-11-9-7-5-2)54-48(57)40-24-20-36-34-18-22-38-44-39(23-19-35(42(34)44)37-21-25-41(49(54)58)45(40)43(36)37)47(56)53(46(38)55)27-31-16-14-30(15-17-31)26-52-28-32(29-59-3)50-51-52/h14-25,28,33H,4-13,26-27,29H2,1-3H3. The van der Waals surface area contributed by atoms with E-state index in [0.717, 1.165) is 113 Å². The van der Waals surface area contributed by atoms with E-state index in [1.807, 2.05) is 79.0 Å². The maximum absolute atomic E-state index is 14.5. The summed E-state index contributed by atoms with van der Waals surface area (Å²) in [6, 6.07) is 23.0. The molecule has 0 bridgehead atoms. The number of aromatic nitrogens is 3. The lowest BCUT2D eigenvalue weighted by molar-refractivity contribution is 0.0514. The minimum absolute atomic E-state index is 0.134. The van der Waals surface area contributed by atoms with E-state index in [0.29, 0.717) is 46.2 Å². The zero-order chi connectivity index (χ0) is 40.8. The molecule has 3 heterocycles. The molecule has 2 aliphatic rings. The molecule has 0 N–H and O–H groups in total. The van der Waals surface area contributed by atoms with Crippen LogP contribution in [0.15, 0.2) is 79.0 Å². The molecule has 300 valence electrons. The van der Waals surface area contributed by atoms with Crippen LogP contribution in [0.5, 0.6) is 0 Å². The van der Waals surface area contributed by atoms with E-state index in [1.54, 1.807) is 16.7 Å². The van der Waals surface area contributed by atoms with Crippen LogP contribution in [0.25, 0.3) is 43.1 Å². The molecule has 2 aliphatic heterocycles. The summed E-state index contributed by atoms with van der Waals surface area (Å²) in [5, 5.41) is 14.9. The Hall–Kier alpha value is -6.00. The van der Waals surface area contributed by atoms with E-state index in [-0.39, 0.29) is 36.2 Å². The Kier molecular flexibility index (Phi) is 10.4. The topological polar surface area (TPSA) is 115 Å². The van der Waals surface area contributed by atoms with Gasteiger partial charge in [0.1, 0.15) is 5.69 Å². The molecule has 0 atom stereocenters. The quantitative estimate of drug-likeness (QED) is 0.0391. The maximum atomic E-state index is 14.5. The van der Waals surface area contributed by atoms with E-state index in [4.69, 9.17) is 4.74 Å². The molecule has 0 saturated carbocycles. The molecule has 0 radical (unpaired) electrons. The van der Waals surface area contributed by atoms with Gasteiger partial charge in [-0.3, -0.25) is 29.0 Å². The number of amides is 4. The second-order valence-electron chi connectivity index (χ2n) is 16.3. The third-order valence-corrected chi connectivity index (χ3v) is 12.5. The van der Waals surface area contributed by atoms with Gasteiger partial charge in [0.15, 0.2) is 0 Å². The smallest absolute Gasteiger partial charge is 0.261 e. The first kappa shape index (κ1) is 38.5. The maximum Gasteiger partial charge on any atom is 0.261 e. The van der Waals surface area contributed by atoms with Gasteiger partial charge in [-0.15, -0.1) is 5.10 Å². The predicted molar refractivity (Wildman–Crippen MR) is 230 cm³/mol. The van der Waals surface area contributed by atoms with Crippen molar-refractivity contribution in [3.05, 3.63) is 118 Å². The molecule has 6 aromatic carbocycles. The lowest BCUT2D eigenvalue weighted by Crippen LogP contribution is -2.47. The van der Waals surface area contributed by atoms with Crippen molar-refractivity contribution in [2.24, 2.45) is 0 Å². The highest BCUT2D eigenvalue weighted by Crippen LogP contribution is 2.46. The highest BCUT2D eigenvalue weighted by Gasteiger charge is 2.39. The fourth-order valence-electron chi connectivity index (χ4n) is 9.58. The fraction of sp³-hybridized carbons (Fsp3) is 0.347. The molecular weight excluding hydrogens is 739 g/mol. The van der Waals surface area contributed by atoms with Gasteiger partial charge in [-0.2, -0.15) is 0 Å². The van der Waals surface area contributed by atoms with Crippen molar-refractivity contribution in [2.75, 3.05) is 7.11 Å². The summed E-state index contributed by atoms with van der Waals surface area (Å²) in [5.41, 5.74) is 4.67. The van der Waals surface area contributed by atoms with Crippen molar-refractivity contribution >= 4 is 66.7 Å². The van der Waals surface area contributed by atoms with Gasteiger partial charge in [0.25, 0.3) is 23.6 Å². The Bertz CT molecular complexity index is 2640. The van der Waals surface area contributed by atoms with Crippen LogP contribution < -0.4 is 0 Å². The van der Waals surface area contributed by atoms with Crippen molar-refractivity contribution in [2.45, 2.75) is 104 Å². The number of hydrogen-bond donors (Lipinski definition) is 0. The van der Waals surface area contributed by atoms with Crippen LogP contribution in [0.2, 0.25) is 0 Å². The van der Waals surface area contributed by atoms with Crippen molar-refractivity contribution in [1.29, 1.82) is 0 Å². The Morgan fingerprint density at radius 2 is 1.00 bits per heavy atom. The first-order valence-corrected chi connectivity index (χ1v) is 21.2. The van der Waals surface area contributed by atoms with Gasteiger partial charge in [0.2, 0.25) is 0 Å². The summed E-state index contributed by atoms with van der Waals surface area (Å²) in [5.74, 6) is -1.10. The van der Waals surface area contributed by atoms with Gasteiger partial charge in [-0.25, -0.2) is 4.68 Å². The molecule has 10 heteroatoms. The molecule has 1 aromatic heterocycles. The summed E-state index contributed by atoms with van der Waals surface area (Å²) in [7, 11) is 1.62. The first-order chi connectivity index (χ1) is 28.8. The normalized spacial score (nSPS) is 14.2. The SMILES string of the molecule is CCCCCCC(CCCCCC)N1C(=O)c2ccc3c4ccc5c6c(ccc(c7ccc(c2c37)C1=O)c64)C(=O)N(Cc1ccc(Cn2cc(COC)nn2)cc1)C5=O. The molecule has 7 aromatic rings. The van der Waals surface area contributed by atoms with Crippen LogP contribution in [0.1, 0.15) is 136 Å². The van der Waals surface area contributed by atoms with E-state index in [1.165, 1.54) is 4.90 Å². The molecule has 9 rings (SSSR count). The van der Waals surface area contributed by atoms with Crippen LogP contribution in [0, 0.1) is 0 Å². The number of imide groups is 2. The Balaban J connectivity index is 1.05. The Morgan fingerprint density at radius 3 is 1.46 bits per heavy atom. The summed E-state index contributed by atoms with van der Waals surface area (Å²) in [6.45, 7) is 5.44. The third kappa shape index (κ3) is 6.63. The van der Waals surface area contributed by atoms with Crippen LogP contribution in [-0.4, -0.2) is 61.6 Å². The summed E-state index contributed by atoms with van der Waals surface area (Å²) < 4.78 is 6.89. The van der Waals surface area contributed by atoms with Crippen molar-refractivity contribution < 1.29 is 23.9 Å². The number of nitrogens with zero attached hydrogens (tertiary/aromatic N) is 5. The lowest BCUT2D eigenvalue weighted by atomic mass is 9.82. The van der Waals surface area contributed by atoms with Crippen molar-refractivity contribution in [3.8, 4) is 0 Å². The van der Waals surface area contributed by atoms with Crippen molar-refractivity contribution in [1.82, 2.24) is 24.8 Å². The zero-order valence-corrected chi connectivity index (χ0v) is 34.1.